The number of carbonyl (C=O) groups is 3. The molecule has 0 radical (unpaired) electrons. The molecule has 2 fully saturated rings. The Morgan fingerprint density at radius 1 is 1.21 bits per heavy atom. The standard InChI is InChI=1S/C22H31N3O4/c1-15(2)20(26)24-18-8-3-6-16(12-18)22(28)25-10-4-7-17(14-25)21(27)23-13-19-9-5-11-29-19/h3,6,8,12,15,17,19H,4-5,7,9-11,13-14H2,1-2H3,(H,23,27)(H,24,26). The van der Waals surface area contributed by atoms with Crippen LogP contribution in [0.15, 0.2) is 24.3 Å². The average molecular weight is 402 g/mol. The van der Waals surface area contributed by atoms with E-state index in [-0.39, 0.29) is 35.7 Å². The molecule has 2 atom stereocenters. The van der Waals surface area contributed by atoms with Gasteiger partial charge in [-0.2, -0.15) is 0 Å². The summed E-state index contributed by atoms with van der Waals surface area (Å²) < 4.78 is 5.55. The van der Waals surface area contributed by atoms with Crippen molar-refractivity contribution in [1.29, 1.82) is 0 Å². The Balaban J connectivity index is 1.57. The maximum absolute atomic E-state index is 13.0. The van der Waals surface area contributed by atoms with Crippen molar-refractivity contribution in [2.24, 2.45) is 11.8 Å². The zero-order valence-corrected chi connectivity index (χ0v) is 17.3. The van der Waals surface area contributed by atoms with E-state index in [1.165, 1.54) is 0 Å². The summed E-state index contributed by atoms with van der Waals surface area (Å²) in [4.78, 5) is 39.2. The number of likely N-dealkylation sites (tertiary alicyclic amines) is 1. The molecule has 2 aliphatic heterocycles. The summed E-state index contributed by atoms with van der Waals surface area (Å²) in [6, 6.07) is 6.98. The summed E-state index contributed by atoms with van der Waals surface area (Å²) in [7, 11) is 0. The minimum atomic E-state index is -0.196. The highest BCUT2D eigenvalue weighted by Gasteiger charge is 2.29. The number of rotatable bonds is 6. The fraction of sp³-hybridized carbons (Fsp3) is 0.591. The maximum Gasteiger partial charge on any atom is 0.253 e. The van der Waals surface area contributed by atoms with E-state index < -0.39 is 0 Å². The van der Waals surface area contributed by atoms with Gasteiger partial charge in [0.15, 0.2) is 0 Å². The molecule has 7 heteroatoms. The van der Waals surface area contributed by atoms with Crippen molar-refractivity contribution in [2.45, 2.75) is 45.6 Å². The van der Waals surface area contributed by atoms with Crippen LogP contribution in [0.3, 0.4) is 0 Å². The third-order valence-electron chi connectivity index (χ3n) is 5.51. The molecule has 2 unspecified atom stereocenters. The first-order chi connectivity index (χ1) is 13.9. The van der Waals surface area contributed by atoms with E-state index in [1.807, 2.05) is 13.8 Å². The Hall–Kier alpha value is -2.41. The number of amides is 3. The van der Waals surface area contributed by atoms with Crippen LogP contribution < -0.4 is 10.6 Å². The highest BCUT2D eigenvalue weighted by Crippen LogP contribution is 2.21. The molecule has 0 bridgehead atoms. The lowest BCUT2D eigenvalue weighted by atomic mass is 9.96. The molecule has 1 aromatic rings. The van der Waals surface area contributed by atoms with Gasteiger partial charge in [0.2, 0.25) is 11.8 Å². The first-order valence-electron chi connectivity index (χ1n) is 10.5. The monoisotopic (exact) mass is 401 g/mol. The van der Waals surface area contributed by atoms with Crippen molar-refractivity contribution >= 4 is 23.4 Å². The van der Waals surface area contributed by atoms with E-state index in [2.05, 4.69) is 10.6 Å². The predicted octanol–water partition coefficient (Wildman–Crippen LogP) is 2.43. The molecule has 0 saturated carbocycles. The summed E-state index contributed by atoms with van der Waals surface area (Å²) in [5, 5.41) is 5.81. The summed E-state index contributed by atoms with van der Waals surface area (Å²) in [6.45, 7) is 6.00. The van der Waals surface area contributed by atoms with Gasteiger partial charge >= 0.3 is 0 Å². The minimum absolute atomic E-state index is 0.00375. The number of hydrogen-bond acceptors (Lipinski definition) is 4. The zero-order valence-electron chi connectivity index (χ0n) is 17.3. The summed E-state index contributed by atoms with van der Waals surface area (Å²) in [5.41, 5.74) is 1.13. The number of piperidine rings is 1. The van der Waals surface area contributed by atoms with Crippen molar-refractivity contribution in [3.63, 3.8) is 0 Å². The zero-order chi connectivity index (χ0) is 20.8. The molecule has 2 saturated heterocycles. The molecule has 2 N–H and O–H groups in total. The molecule has 2 aliphatic rings. The number of anilines is 1. The first-order valence-corrected chi connectivity index (χ1v) is 10.5. The second-order valence-corrected chi connectivity index (χ2v) is 8.20. The topological polar surface area (TPSA) is 87.7 Å². The summed E-state index contributed by atoms with van der Waals surface area (Å²) in [6.07, 6.45) is 3.73. The van der Waals surface area contributed by atoms with E-state index in [4.69, 9.17) is 4.74 Å². The Morgan fingerprint density at radius 2 is 2.03 bits per heavy atom. The van der Waals surface area contributed by atoms with Gasteiger partial charge in [-0.25, -0.2) is 0 Å². The van der Waals surface area contributed by atoms with Gasteiger partial charge in [0.05, 0.1) is 12.0 Å². The van der Waals surface area contributed by atoms with Crippen LogP contribution in [-0.4, -0.2) is 55.0 Å². The average Bonchev–Trinajstić information content (AvgIpc) is 3.25. The summed E-state index contributed by atoms with van der Waals surface area (Å²) >= 11 is 0. The number of carbonyl (C=O) groups excluding carboxylic acids is 3. The molecule has 1 aromatic carbocycles. The smallest absolute Gasteiger partial charge is 0.253 e. The van der Waals surface area contributed by atoms with Gasteiger partial charge in [-0.3, -0.25) is 14.4 Å². The second-order valence-electron chi connectivity index (χ2n) is 8.20. The highest BCUT2D eigenvalue weighted by atomic mass is 16.5. The predicted molar refractivity (Wildman–Crippen MR) is 111 cm³/mol. The largest absolute Gasteiger partial charge is 0.376 e. The lowest BCUT2D eigenvalue weighted by molar-refractivity contribution is -0.126. The Labute approximate surface area is 172 Å². The van der Waals surface area contributed by atoms with Crippen LogP contribution in [0.1, 0.15) is 49.9 Å². The van der Waals surface area contributed by atoms with E-state index in [1.54, 1.807) is 29.2 Å². The molecule has 3 rings (SSSR count). The molecule has 3 amide bonds. The normalized spacial score (nSPS) is 21.8. The van der Waals surface area contributed by atoms with Crippen molar-refractivity contribution in [3.8, 4) is 0 Å². The Bertz CT molecular complexity index is 743. The number of nitrogens with one attached hydrogen (secondary N) is 2. The van der Waals surface area contributed by atoms with Crippen LogP contribution in [0, 0.1) is 11.8 Å². The van der Waals surface area contributed by atoms with Gasteiger partial charge in [-0.15, -0.1) is 0 Å². The molecule has 158 valence electrons. The Morgan fingerprint density at radius 3 is 2.76 bits per heavy atom. The van der Waals surface area contributed by atoms with Gasteiger partial charge in [0, 0.05) is 43.4 Å². The third-order valence-corrected chi connectivity index (χ3v) is 5.51. The van der Waals surface area contributed by atoms with E-state index in [0.29, 0.717) is 30.9 Å². The highest BCUT2D eigenvalue weighted by molar-refractivity contribution is 5.97. The minimum Gasteiger partial charge on any atom is -0.376 e. The third kappa shape index (κ3) is 5.79. The van der Waals surface area contributed by atoms with Crippen LogP contribution in [0.25, 0.3) is 0 Å². The first kappa shape index (κ1) is 21.3. The number of ether oxygens (including phenoxy) is 1. The fourth-order valence-corrected chi connectivity index (χ4v) is 3.74. The summed E-state index contributed by atoms with van der Waals surface area (Å²) in [5.74, 6) is -0.531. The quantitative estimate of drug-likeness (QED) is 0.766. The molecule has 29 heavy (non-hydrogen) atoms. The van der Waals surface area contributed by atoms with Crippen LogP contribution in [-0.2, 0) is 14.3 Å². The second kappa shape index (κ2) is 9.87. The molecule has 0 aromatic heterocycles. The van der Waals surface area contributed by atoms with Gasteiger partial charge in [0.25, 0.3) is 5.91 Å². The van der Waals surface area contributed by atoms with Gasteiger partial charge < -0.3 is 20.3 Å². The number of hydrogen-bond donors (Lipinski definition) is 2. The Kier molecular flexibility index (Phi) is 7.25. The van der Waals surface area contributed by atoms with Crippen molar-refractivity contribution in [3.05, 3.63) is 29.8 Å². The molecular weight excluding hydrogens is 370 g/mol. The maximum atomic E-state index is 13.0. The molecule has 0 spiro atoms. The van der Waals surface area contributed by atoms with Crippen LogP contribution in [0.4, 0.5) is 5.69 Å². The SMILES string of the molecule is CC(C)C(=O)Nc1cccc(C(=O)N2CCCC(C(=O)NCC3CCCO3)C2)c1. The van der Waals surface area contributed by atoms with Gasteiger partial charge in [0.1, 0.15) is 0 Å². The number of benzene rings is 1. The van der Waals surface area contributed by atoms with Crippen molar-refractivity contribution in [1.82, 2.24) is 10.2 Å². The number of nitrogens with zero attached hydrogens (tertiary/aromatic N) is 1. The van der Waals surface area contributed by atoms with E-state index in [0.717, 1.165) is 32.3 Å². The molecule has 2 heterocycles. The molecule has 0 aliphatic carbocycles. The molecular formula is C22H31N3O4. The van der Waals surface area contributed by atoms with Gasteiger partial charge in [-0.1, -0.05) is 19.9 Å². The lowest BCUT2D eigenvalue weighted by Gasteiger charge is -2.32. The molecule has 7 nitrogen and oxygen atoms in total. The van der Waals surface area contributed by atoms with Crippen molar-refractivity contribution in [2.75, 3.05) is 31.6 Å². The van der Waals surface area contributed by atoms with Gasteiger partial charge in [-0.05, 0) is 43.9 Å². The van der Waals surface area contributed by atoms with E-state index in [9.17, 15) is 14.4 Å². The fourth-order valence-electron chi connectivity index (χ4n) is 3.74. The van der Waals surface area contributed by atoms with Crippen LogP contribution in [0.2, 0.25) is 0 Å². The van der Waals surface area contributed by atoms with E-state index >= 15 is 0 Å². The lowest BCUT2D eigenvalue weighted by Crippen LogP contribution is -2.46. The van der Waals surface area contributed by atoms with Crippen LogP contribution in [0.5, 0.6) is 0 Å². The van der Waals surface area contributed by atoms with Crippen molar-refractivity contribution < 1.29 is 19.1 Å². The van der Waals surface area contributed by atoms with Crippen LogP contribution >= 0.6 is 0 Å².